The summed E-state index contributed by atoms with van der Waals surface area (Å²) in [5.74, 6) is 1.41. The Kier molecular flexibility index (Phi) is 4.50. The molecule has 0 saturated carbocycles. The van der Waals surface area contributed by atoms with E-state index in [2.05, 4.69) is 11.6 Å². The summed E-state index contributed by atoms with van der Waals surface area (Å²) in [6.07, 6.45) is 5.03. The molecule has 25 heavy (non-hydrogen) atoms. The number of carbonyl (C=O) groups is 1. The van der Waals surface area contributed by atoms with E-state index in [-0.39, 0.29) is 19.0 Å². The van der Waals surface area contributed by atoms with Crippen molar-refractivity contribution >= 4 is 5.91 Å². The number of imidazole rings is 1. The van der Waals surface area contributed by atoms with Crippen molar-refractivity contribution < 1.29 is 19.4 Å². The van der Waals surface area contributed by atoms with Gasteiger partial charge in [-0.25, -0.2) is 4.98 Å². The Morgan fingerprint density at radius 3 is 2.80 bits per heavy atom. The van der Waals surface area contributed by atoms with E-state index in [0.29, 0.717) is 29.5 Å². The molecule has 7 heteroatoms. The smallest absolute Gasteiger partial charge is 0.254 e. The van der Waals surface area contributed by atoms with Crippen LogP contribution in [0.15, 0.2) is 43.2 Å². The topological polar surface area (TPSA) is 76.8 Å². The summed E-state index contributed by atoms with van der Waals surface area (Å²) in [7, 11) is 3.34. The number of aryl methyl sites for hydroxylation is 1. The number of amides is 1. The molecule has 2 heterocycles. The Hall–Kier alpha value is -2.80. The second-order valence-corrected chi connectivity index (χ2v) is 6.02. The summed E-state index contributed by atoms with van der Waals surface area (Å²) in [4.78, 5) is 18.4. The van der Waals surface area contributed by atoms with Gasteiger partial charge < -0.3 is 24.0 Å². The molecule has 1 saturated heterocycles. The van der Waals surface area contributed by atoms with Gasteiger partial charge in [-0.05, 0) is 18.2 Å². The van der Waals surface area contributed by atoms with Crippen LogP contribution in [0.2, 0.25) is 0 Å². The van der Waals surface area contributed by atoms with Crippen LogP contribution in [-0.2, 0) is 12.6 Å². The third-order valence-corrected chi connectivity index (χ3v) is 4.20. The van der Waals surface area contributed by atoms with Gasteiger partial charge in [0.2, 0.25) is 0 Å². The first-order chi connectivity index (χ1) is 12.0. The molecule has 0 radical (unpaired) electrons. The number of hydrogen-bond donors (Lipinski definition) is 1. The molecular weight excluding hydrogens is 322 g/mol. The molecular formula is C18H21N3O4. The minimum Gasteiger partial charge on any atom is -0.493 e. The quantitative estimate of drug-likeness (QED) is 0.801. The average Bonchev–Trinajstić information content (AvgIpc) is 3.02. The number of carbonyl (C=O) groups excluding carboxylic acids is 1. The first kappa shape index (κ1) is 17.0. The molecule has 2 aromatic rings. The standard InChI is InChI=1S/C18H21N3O4/c1-4-9-25-14-6-5-13(10-15(14)24-3)16(22)21-11-18(23,12-21)17-19-7-8-20(17)2/h4-8,10,23H,1,9,11-12H2,2-3H3. The lowest BCUT2D eigenvalue weighted by Gasteiger charge is -2.45. The van der Waals surface area contributed by atoms with Crippen molar-refractivity contribution in [3.63, 3.8) is 0 Å². The molecule has 0 aliphatic carbocycles. The highest BCUT2D eigenvalue weighted by atomic mass is 16.5. The summed E-state index contributed by atoms with van der Waals surface area (Å²) >= 11 is 0. The summed E-state index contributed by atoms with van der Waals surface area (Å²) in [6.45, 7) is 4.36. The van der Waals surface area contributed by atoms with Crippen molar-refractivity contribution in [3.05, 3.63) is 54.6 Å². The molecule has 132 valence electrons. The van der Waals surface area contributed by atoms with E-state index in [1.807, 2.05) is 7.05 Å². The Morgan fingerprint density at radius 2 is 2.20 bits per heavy atom. The van der Waals surface area contributed by atoms with Gasteiger partial charge in [0.1, 0.15) is 12.4 Å². The zero-order valence-corrected chi connectivity index (χ0v) is 14.3. The minimum atomic E-state index is -1.11. The first-order valence-corrected chi connectivity index (χ1v) is 7.89. The highest BCUT2D eigenvalue weighted by Gasteiger charge is 2.47. The van der Waals surface area contributed by atoms with Crippen molar-refractivity contribution in [2.24, 2.45) is 7.05 Å². The monoisotopic (exact) mass is 343 g/mol. The van der Waals surface area contributed by atoms with E-state index < -0.39 is 5.60 Å². The molecule has 1 amide bonds. The van der Waals surface area contributed by atoms with E-state index >= 15 is 0 Å². The minimum absolute atomic E-state index is 0.174. The summed E-state index contributed by atoms with van der Waals surface area (Å²) in [5, 5.41) is 10.6. The van der Waals surface area contributed by atoms with Gasteiger partial charge in [0.25, 0.3) is 5.91 Å². The number of aliphatic hydroxyl groups is 1. The van der Waals surface area contributed by atoms with E-state index in [1.165, 1.54) is 7.11 Å². The average molecular weight is 343 g/mol. The van der Waals surface area contributed by atoms with Crippen LogP contribution in [0.3, 0.4) is 0 Å². The summed E-state index contributed by atoms with van der Waals surface area (Å²) in [6, 6.07) is 5.01. The van der Waals surface area contributed by atoms with Crippen molar-refractivity contribution in [2.45, 2.75) is 5.60 Å². The van der Waals surface area contributed by atoms with Gasteiger partial charge in [0.05, 0.1) is 20.2 Å². The third-order valence-electron chi connectivity index (χ3n) is 4.20. The number of hydrogen-bond acceptors (Lipinski definition) is 5. The predicted octanol–water partition coefficient (Wildman–Crippen LogP) is 1.34. The van der Waals surface area contributed by atoms with E-state index in [1.54, 1.807) is 46.1 Å². The number of likely N-dealkylation sites (tertiary alicyclic amines) is 1. The third kappa shape index (κ3) is 3.10. The highest BCUT2D eigenvalue weighted by Crippen LogP contribution is 2.33. The highest BCUT2D eigenvalue weighted by molar-refractivity contribution is 5.95. The number of benzene rings is 1. The second kappa shape index (κ2) is 6.60. The summed E-state index contributed by atoms with van der Waals surface area (Å²) in [5.41, 5.74) is -0.630. The van der Waals surface area contributed by atoms with E-state index in [0.717, 1.165) is 0 Å². The number of β-amino-alcohol motifs (C(OH)–C–C–N with tert-alkyl or cyclic N) is 1. The van der Waals surface area contributed by atoms with Gasteiger partial charge in [0, 0.05) is 25.0 Å². The van der Waals surface area contributed by atoms with Crippen LogP contribution in [-0.4, -0.2) is 52.3 Å². The van der Waals surface area contributed by atoms with Gasteiger partial charge in [-0.3, -0.25) is 4.79 Å². The fraction of sp³-hybridized carbons (Fsp3) is 0.333. The molecule has 0 unspecified atom stereocenters. The van der Waals surface area contributed by atoms with Crippen LogP contribution in [0.25, 0.3) is 0 Å². The Bertz CT molecular complexity index is 793. The molecule has 3 rings (SSSR count). The van der Waals surface area contributed by atoms with Gasteiger partial charge in [0.15, 0.2) is 17.1 Å². The maximum atomic E-state index is 12.6. The zero-order chi connectivity index (χ0) is 18.0. The molecule has 1 aliphatic heterocycles. The number of aromatic nitrogens is 2. The van der Waals surface area contributed by atoms with Crippen LogP contribution in [0.1, 0.15) is 16.2 Å². The normalized spacial score (nSPS) is 15.4. The lowest BCUT2D eigenvalue weighted by Crippen LogP contribution is -2.62. The Morgan fingerprint density at radius 1 is 1.44 bits per heavy atom. The molecule has 0 bridgehead atoms. The van der Waals surface area contributed by atoms with Crippen LogP contribution in [0.4, 0.5) is 0 Å². The predicted molar refractivity (Wildman–Crippen MR) is 91.7 cm³/mol. The molecule has 1 aliphatic rings. The first-order valence-electron chi connectivity index (χ1n) is 7.89. The molecule has 0 atom stereocenters. The lowest BCUT2D eigenvalue weighted by molar-refractivity contribution is -0.0938. The number of rotatable bonds is 6. The van der Waals surface area contributed by atoms with Gasteiger partial charge in [-0.15, -0.1) is 0 Å². The lowest BCUT2D eigenvalue weighted by atomic mass is 9.92. The Labute approximate surface area is 146 Å². The van der Waals surface area contributed by atoms with Crippen LogP contribution in [0.5, 0.6) is 11.5 Å². The van der Waals surface area contributed by atoms with Crippen molar-refractivity contribution in [3.8, 4) is 11.5 Å². The number of methoxy groups -OCH3 is 1. The van der Waals surface area contributed by atoms with Crippen molar-refractivity contribution in [1.82, 2.24) is 14.5 Å². The zero-order valence-electron chi connectivity index (χ0n) is 14.3. The van der Waals surface area contributed by atoms with Crippen LogP contribution < -0.4 is 9.47 Å². The van der Waals surface area contributed by atoms with Crippen molar-refractivity contribution in [1.29, 1.82) is 0 Å². The number of nitrogens with zero attached hydrogens (tertiary/aromatic N) is 3. The largest absolute Gasteiger partial charge is 0.493 e. The van der Waals surface area contributed by atoms with Crippen LogP contribution >= 0.6 is 0 Å². The maximum absolute atomic E-state index is 12.6. The van der Waals surface area contributed by atoms with E-state index in [4.69, 9.17) is 9.47 Å². The van der Waals surface area contributed by atoms with Gasteiger partial charge in [-0.1, -0.05) is 12.7 Å². The van der Waals surface area contributed by atoms with Crippen LogP contribution in [0, 0.1) is 0 Å². The fourth-order valence-electron chi connectivity index (χ4n) is 2.94. The molecule has 1 N–H and O–H groups in total. The van der Waals surface area contributed by atoms with E-state index in [9.17, 15) is 9.90 Å². The van der Waals surface area contributed by atoms with Gasteiger partial charge in [-0.2, -0.15) is 0 Å². The maximum Gasteiger partial charge on any atom is 0.254 e. The SMILES string of the molecule is C=CCOc1ccc(C(=O)N2CC(O)(c3nccn3C)C2)cc1OC. The molecule has 1 fully saturated rings. The molecule has 1 aromatic carbocycles. The molecule has 7 nitrogen and oxygen atoms in total. The Balaban J connectivity index is 1.72. The second-order valence-electron chi connectivity index (χ2n) is 6.02. The van der Waals surface area contributed by atoms with Crippen molar-refractivity contribution in [2.75, 3.05) is 26.8 Å². The number of ether oxygens (including phenoxy) is 2. The fourth-order valence-corrected chi connectivity index (χ4v) is 2.94. The summed E-state index contributed by atoms with van der Waals surface area (Å²) < 4.78 is 12.5. The van der Waals surface area contributed by atoms with Gasteiger partial charge >= 0.3 is 0 Å². The molecule has 1 aromatic heterocycles. The molecule has 0 spiro atoms.